The molecule has 2 atom stereocenters. The predicted molar refractivity (Wildman–Crippen MR) is 77.6 cm³/mol. The summed E-state index contributed by atoms with van der Waals surface area (Å²) in [6.07, 6.45) is 6.48. The Labute approximate surface area is 117 Å². The minimum atomic E-state index is -0.252. The van der Waals surface area contributed by atoms with Crippen molar-refractivity contribution >= 4 is 12.2 Å². The number of anilines is 1. The second kappa shape index (κ2) is 4.54. The van der Waals surface area contributed by atoms with E-state index in [1.165, 1.54) is 12.0 Å². The first-order valence-corrected chi connectivity index (χ1v) is 6.91. The number of aromatic amines is 1. The van der Waals surface area contributed by atoms with E-state index in [1.807, 2.05) is 6.21 Å². The van der Waals surface area contributed by atoms with Crippen LogP contribution in [0.4, 0.5) is 5.95 Å². The second-order valence-corrected chi connectivity index (χ2v) is 6.20. The molecule has 4 rings (SSSR count). The summed E-state index contributed by atoms with van der Waals surface area (Å²) in [6, 6.07) is 0. The van der Waals surface area contributed by atoms with E-state index in [2.05, 4.69) is 45.6 Å². The first kappa shape index (κ1) is 13.0. The summed E-state index contributed by atoms with van der Waals surface area (Å²) in [5, 5.41) is 11.7. The minimum absolute atomic E-state index is 0.252. The monoisotopic (exact) mass is 273 g/mol. The van der Waals surface area contributed by atoms with Gasteiger partial charge in [-0.15, -0.1) is 10.2 Å². The van der Waals surface area contributed by atoms with Gasteiger partial charge in [0.2, 0.25) is 5.95 Å². The Balaban J connectivity index is 1.68. The summed E-state index contributed by atoms with van der Waals surface area (Å²) < 4.78 is 0. The standard InChI is InChI=1S/C14H19N5O/c1-8-12(20)16-13(19-17-8)18-15-7-9-4-5-10-6-11(9)14(10,2)3/h4,7,10-11H,5-6H2,1-3H3,(H2,16,18,19,20)/b15-7-/t10-,11-/m1/s1. The molecular formula is C14H19N5O. The number of fused-ring (bicyclic) bond motifs is 1. The van der Waals surface area contributed by atoms with Gasteiger partial charge in [0, 0.05) is 0 Å². The topological polar surface area (TPSA) is 83.0 Å². The molecule has 0 saturated heterocycles. The third-order valence-corrected chi connectivity index (χ3v) is 4.76. The number of hydrogen-bond donors (Lipinski definition) is 2. The lowest BCUT2D eigenvalue weighted by Crippen LogP contribution is -2.48. The molecule has 3 aliphatic rings. The van der Waals surface area contributed by atoms with Gasteiger partial charge in [-0.05, 0) is 42.6 Å². The van der Waals surface area contributed by atoms with Gasteiger partial charge in [0.05, 0.1) is 6.21 Å². The van der Waals surface area contributed by atoms with Gasteiger partial charge in [-0.25, -0.2) is 5.43 Å². The van der Waals surface area contributed by atoms with Crippen LogP contribution in [0.1, 0.15) is 32.4 Å². The van der Waals surface area contributed by atoms with Crippen LogP contribution >= 0.6 is 0 Å². The number of hydrogen-bond acceptors (Lipinski definition) is 5. The molecule has 0 radical (unpaired) electrons. The molecule has 1 aromatic heterocycles. The van der Waals surface area contributed by atoms with E-state index in [9.17, 15) is 4.79 Å². The Bertz CT molecular complexity index is 643. The maximum absolute atomic E-state index is 11.4. The summed E-state index contributed by atoms with van der Waals surface area (Å²) in [6.45, 7) is 6.26. The molecule has 1 saturated carbocycles. The molecule has 20 heavy (non-hydrogen) atoms. The van der Waals surface area contributed by atoms with Crippen molar-refractivity contribution in [3.05, 3.63) is 27.7 Å². The van der Waals surface area contributed by atoms with Crippen LogP contribution < -0.4 is 11.0 Å². The highest BCUT2D eigenvalue weighted by Gasteiger charge is 2.50. The Morgan fingerprint density at radius 2 is 2.30 bits per heavy atom. The number of H-pyrrole nitrogens is 1. The van der Waals surface area contributed by atoms with Gasteiger partial charge in [0.1, 0.15) is 5.69 Å². The highest BCUT2D eigenvalue weighted by Crippen LogP contribution is 2.58. The van der Waals surface area contributed by atoms with Gasteiger partial charge < -0.3 is 0 Å². The van der Waals surface area contributed by atoms with E-state index < -0.39 is 0 Å². The van der Waals surface area contributed by atoms with Crippen molar-refractivity contribution < 1.29 is 0 Å². The van der Waals surface area contributed by atoms with Gasteiger partial charge in [-0.1, -0.05) is 19.9 Å². The van der Waals surface area contributed by atoms with Crippen LogP contribution in [0.2, 0.25) is 0 Å². The van der Waals surface area contributed by atoms with E-state index in [0.29, 0.717) is 17.0 Å². The Morgan fingerprint density at radius 1 is 1.50 bits per heavy atom. The number of aryl methyl sites for hydroxylation is 1. The molecule has 2 bridgehead atoms. The Hall–Kier alpha value is -1.98. The first-order valence-electron chi connectivity index (χ1n) is 6.91. The zero-order valence-corrected chi connectivity index (χ0v) is 12.0. The van der Waals surface area contributed by atoms with Gasteiger partial charge in [-0.2, -0.15) is 5.10 Å². The quantitative estimate of drug-likeness (QED) is 0.650. The molecule has 0 amide bonds. The van der Waals surface area contributed by atoms with Crippen molar-refractivity contribution in [2.45, 2.75) is 33.6 Å². The van der Waals surface area contributed by atoms with Crippen molar-refractivity contribution in [1.82, 2.24) is 15.2 Å². The van der Waals surface area contributed by atoms with Crippen LogP contribution in [0.3, 0.4) is 0 Å². The molecule has 1 heterocycles. The zero-order valence-electron chi connectivity index (χ0n) is 12.0. The highest BCUT2D eigenvalue weighted by molar-refractivity contribution is 5.81. The lowest BCUT2D eigenvalue weighted by Gasteiger charge is -2.55. The van der Waals surface area contributed by atoms with Crippen LogP contribution in [-0.4, -0.2) is 21.4 Å². The summed E-state index contributed by atoms with van der Waals surface area (Å²) in [7, 11) is 0. The maximum atomic E-state index is 11.4. The van der Waals surface area contributed by atoms with E-state index in [1.54, 1.807) is 6.92 Å². The fraction of sp³-hybridized carbons (Fsp3) is 0.571. The molecule has 0 aliphatic heterocycles. The van der Waals surface area contributed by atoms with Crippen molar-refractivity contribution in [1.29, 1.82) is 0 Å². The maximum Gasteiger partial charge on any atom is 0.274 e. The number of nitrogens with one attached hydrogen (secondary N) is 2. The number of hydrazone groups is 1. The smallest absolute Gasteiger partial charge is 0.274 e. The molecule has 0 unspecified atom stereocenters. The molecule has 0 spiro atoms. The van der Waals surface area contributed by atoms with E-state index in [-0.39, 0.29) is 11.5 Å². The second-order valence-electron chi connectivity index (χ2n) is 6.20. The van der Waals surface area contributed by atoms with E-state index in [0.717, 1.165) is 12.3 Å². The van der Waals surface area contributed by atoms with Gasteiger partial charge in [0.25, 0.3) is 5.56 Å². The van der Waals surface area contributed by atoms with Crippen LogP contribution in [0.15, 0.2) is 21.5 Å². The van der Waals surface area contributed by atoms with Crippen LogP contribution in [0.5, 0.6) is 0 Å². The molecule has 6 heteroatoms. The number of aromatic nitrogens is 3. The summed E-state index contributed by atoms with van der Waals surface area (Å²) >= 11 is 0. The molecule has 2 N–H and O–H groups in total. The predicted octanol–water partition coefficient (Wildman–Crippen LogP) is 1.86. The van der Waals surface area contributed by atoms with Crippen LogP contribution in [0.25, 0.3) is 0 Å². The third kappa shape index (κ3) is 2.05. The van der Waals surface area contributed by atoms with Crippen molar-refractivity contribution in [3.8, 4) is 0 Å². The number of allylic oxidation sites excluding steroid dienone is 2. The number of nitrogens with zero attached hydrogens (tertiary/aromatic N) is 3. The van der Waals surface area contributed by atoms with Gasteiger partial charge in [0.15, 0.2) is 0 Å². The minimum Gasteiger partial charge on any atom is -0.288 e. The van der Waals surface area contributed by atoms with Gasteiger partial charge in [-0.3, -0.25) is 9.78 Å². The molecule has 6 nitrogen and oxygen atoms in total. The fourth-order valence-corrected chi connectivity index (χ4v) is 3.16. The van der Waals surface area contributed by atoms with Crippen molar-refractivity contribution in [3.63, 3.8) is 0 Å². The van der Waals surface area contributed by atoms with Crippen LogP contribution in [0, 0.1) is 24.2 Å². The Kier molecular flexibility index (Phi) is 2.96. The summed E-state index contributed by atoms with van der Waals surface area (Å²) in [5.74, 6) is 1.67. The molecule has 0 aromatic carbocycles. The highest BCUT2D eigenvalue weighted by atomic mass is 16.1. The molecule has 3 aliphatic carbocycles. The van der Waals surface area contributed by atoms with E-state index in [4.69, 9.17) is 0 Å². The Morgan fingerprint density at radius 3 is 2.95 bits per heavy atom. The largest absolute Gasteiger partial charge is 0.288 e. The molecule has 1 aromatic rings. The summed E-state index contributed by atoms with van der Waals surface area (Å²) in [4.78, 5) is 14.0. The zero-order chi connectivity index (χ0) is 14.3. The average Bonchev–Trinajstić information content (AvgIpc) is 2.43. The fourth-order valence-electron chi connectivity index (χ4n) is 3.16. The van der Waals surface area contributed by atoms with Gasteiger partial charge >= 0.3 is 0 Å². The lowest BCUT2D eigenvalue weighted by atomic mass is 9.49. The normalized spacial score (nSPS) is 27.1. The average molecular weight is 273 g/mol. The molecular weight excluding hydrogens is 254 g/mol. The molecule has 106 valence electrons. The SMILES string of the molecule is Cc1nnc(N/N=C\C2=CC[C@@H]3C[C@H]2C3(C)C)[nH]c1=O. The van der Waals surface area contributed by atoms with E-state index >= 15 is 0 Å². The lowest BCUT2D eigenvalue weighted by molar-refractivity contribution is -0.00124. The first-order chi connectivity index (χ1) is 9.48. The molecule has 1 fully saturated rings. The number of rotatable bonds is 3. The van der Waals surface area contributed by atoms with Crippen molar-refractivity contribution in [2.24, 2.45) is 22.4 Å². The third-order valence-electron chi connectivity index (χ3n) is 4.76. The van der Waals surface area contributed by atoms with Crippen LogP contribution in [-0.2, 0) is 0 Å². The van der Waals surface area contributed by atoms with Crippen molar-refractivity contribution in [2.75, 3.05) is 5.43 Å². The summed E-state index contributed by atoms with van der Waals surface area (Å²) in [5.41, 5.74) is 4.47.